The Hall–Kier alpha value is -2.96. The summed E-state index contributed by atoms with van der Waals surface area (Å²) in [6.07, 6.45) is 5.31. The number of amides is 1. The van der Waals surface area contributed by atoms with Gasteiger partial charge in [0.25, 0.3) is 5.78 Å². The third kappa shape index (κ3) is 4.53. The van der Waals surface area contributed by atoms with Crippen LogP contribution in [0.25, 0.3) is 5.78 Å². The van der Waals surface area contributed by atoms with Crippen LogP contribution >= 0.6 is 0 Å². The smallest absolute Gasteiger partial charge is 0.252 e. The van der Waals surface area contributed by atoms with Crippen LogP contribution in [0.15, 0.2) is 42.7 Å². The maximum atomic E-state index is 12.2. The Bertz CT molecular complexity index is 811. The number of nitrogens with one attached hydrogen (secondary N) is 1. The predicted molar refractivity (Wildman–Crippen MR) is 93.4 cm³/mol. The lowest BCUT2D eigenvalue weighted by Crippen LogP contribution is -2.34. The predicted octanol–water partition coefficient (Wildman–Crippen LogP) is 1.81. The van der Waals surface area contributed by atoms with Crippen LogP contribution in [0.2, 0.25) is 0 Å². The topological polar surface area (TPSA) is 81.4 Å². The molecule has 0 bridgehead atoms. The number of nitrogens with zero attached hydrogens (tertiary/aromatic N) is 4. The second-order valence-corrected chi connectivity index (χ2v) is 5.92. The van der Waals surface area contributed by atoms with Crippen LogP contribution in [0.4, 0.5) is 0 Å². The van der Waals surface area contributed by atoms with Crippen molar-refractivity contribution in [2.24, 2.45) is 0 Å². The number of hydrogen-bond donors (Lipinski definition) is 1. The quantitative estimate of drug-likeness (QED) is 0.710. The second-order valence-electron chi connectivity index (χ2n) is 5.92. The summed E-state index contributed by atoms with van der Waals surface area (Å²) in [6, 6.07) is 9.82. The Kier molecular flexibility index (Phi) is 5.23. The van der Waals surface area contributed by atoms with Crippen LogP contribution in [-0.2, 0) is 17.6 Å². The number of carbonyl (C=O) groups is 1. The van der Waals surface area contributed by atoms with Crippen molar-refractivity contribution in [3.63, 3.8) is 0 Å². The van der Waals surface area contributed by atoms with E-state index in [0.717, 1.165) is 18.6 Å². The molecule has 1 atom stereocenters. The van der Waals surface area contributed by atoms with Gasteiger partial charge in [0.05, 0.1) is 13.5 Å². The lowest BCUT2D eigenvalue weighted by molar-refractivity contribution is -0.121. The molecular formula is C18H21N5O2. The van der Waals surface area contributed by atoms with Crippen LogP contribution in [0.5, 0.6) is 5.75 Å². The van der Waals surface area contributed by atoms with Gasteiger partial charge in [-0.1, -0.05) is 12.1 Å². The van der Waals surface area contributed by atoms with Gasteiger partial charge in [-0.25, -0.2) is 9.50 Å². The number of rotatable bonds is 7. The molecule has 0 aliphatic carbocycles. The molecule has 0 fully saturated rings. The van der Waals surface area contributed by atoms with E-state index in [9.17, 15) is 4.79 Å². The molecule has 0 saturated heterocycles. The fourth-order valence-corrected chi connectivity index (χ4v) is 2.57. The van der Waals surface area contributed by atoms with E-state index < -0.39 is 0 Å². The first-order valence-electron chi connectivity index (χ1n) is 8.22. The fraction of sp³-hybridized carbons (Fsp3) is 0.333. The Labute approximate surface area is 146 Å². The highest BCUT2D eigenvalue weighted by Gasteiger charge is 2.12. The molecule has 0 aliphatic heterocycles. The summed E-state index contributed by atoms with van der Waals surface area (Å²) in [5.74, 6) is 1.73. The minimum Gasteiger partial charge on any atom is -0.497 e. The molecule has 0 unspecified atom stereocenters. The zero-order chi connectivity index (χ0) is 17.6. The molecular weight excluding hydrogens is 318 g/mol. The Balaban J connectivity index is 1.48. The van der Waals surface area contributed by atoms with Crippen LogP contribution in [0.1, 0.15) is 24.7 Å². The molecule has 0 saturated carbocycles. The van der Waals surface area contributed by atoms with E-state index in [-0.39, 0.29) is 18.4 Å². The van der Waals surface area contributed by atoms with Crippen molar-refractivity contribution in [1.82, 2.24) is 24.9 Å². The van der Waals surface area contributed by atoms with Crippen molar-refractivity contribution in [3.05, 3.63) is 54.1 Å². The van der Waals surface area contributed by atoms with E-state index in [4.69, 9.17) is 4.74 Å². The maximum Gasteiger partial charge on any atom is 0.252 e. The van der Waals surface area contributed by atoms with Crippen molar-refractivity contribution in [3.8, 4) is 5.75 Å². The third-order valence-electron chi connectivity index (χ3n) is 3.91. The number of carbonyl (C=O) groups excluding carboxylic acids is 1. The maximum absolute atomic E-state index is 12.2. The first-order valence-corrected chi connectivity index (χ1v) is 8.22. The molecule has 1 N–H and O–H groups in total. The van der Waals surface area contributed by atoms with Gasteiger partial charge in [0.2, 0.25) is 5.91 Å². The van der Waals surface area contributed by atoms with E-state index >= 15 is 0 Å². The molecule has 3 rings (SSSR count). The normalized spacial score (nSPS) is 12.1. The highest BCUT2D eigenvalue weighted by molar-refractivity contribution is 5.78. The van der Waals surface area contributed by atoms with Crippen LogP contribution in [-0.4, -0.2) is 38.6 Å². The van der Waals surface area contributed by atoms with Crippen molar-refractivity contribution < 1.29 is 9.53 Å². The molecule has 3 aromatic rings. The molecule has 7 nitrogen and oxygen atoms in total. The molecule has 1 aromatic carbocycles. The number of hydrogen-bond acceptors (Lipinski definition) is 5. The average Bonchev–Trinajstić information content (AvgIpc) is 3.02. The number of fused-ring (bicyclic) bond motifs is 1. The molecule has 2 heterocycles. The number of methoxy groups -OCH3 is 1. The summed E-state index contributed by atoms with van der Waals surface area (Å²) in [7, 11) is 1.65. The first kappa shape index (κ1) is 16.9. The van der Waals surface area contributed by atoms with Gasteiger partial charge in [0.15, 0.2) is 5.82 Å². The van der Waals surface area contributed by atoms with Gasteiger partial charge >= 0.3 is 0 Å². The number of aromatic nitrogens is 4. The van der Waals surface area contributed by atoms with E-state index in [0.29, 0.717) is 11.6 Å². The summed E-state index contributed by atoms with van der Waals surface area (Å²) >= 11 is 0. The SMILES string of the molecule is COc1ccc(CC[C@@H](C)NC(=O)Cc2nc3ncccn3n2)cc1. The van der Waals surface area contributed by atoms with Gasteiger partial charge < -0.3 is 10.1 Å². The fourth-order valence-electron chi connectivity index (χ4n) is 2.57. The summed E-state index contributed by atoms with van der Waals surface area (Å²) in [6.45, 7) is 2.00. The summed E-state index contributed by atoms with van der Waals surface area (Å²) < 4.78 is 6.72. The number of ether oxygens (including phenoxy) is 1. The molecule has 25 heavy (non-hydrogen) atoms. The summed E-state index contributed by atoms with van der Waals surface area (Å²) in [5, 5.41) is 7.23. The number of aryl methyl sites for hydroxylation is 1. The van der Waals surface area contributed by atoms with Gasteiger partial charge in [-0.15, -0.1) is 5.10 Å². The van der Waals surface area contributed by atoms with Crippen LogP contribution < -0.4 is 10.1 Å². The molecule has 130 valence electrons. The van der Waals surface area contributed by atoms with Gasteiger partial charge in [0.1, 0.15) is 5.75 Å². The number of benzene rings is 1. The van der Waals surface area contributed by atoms with E-state index in [2.05, 4.69) is 20.4 Å². The van der Waals surface area contributed by atoms with Gasteiger partial charge in [-0.2, -0.15) is 4.98 Å². The average molecular weight is 339 g/mol. The van der Waals surface area contributed by atoms with E-state index in [1.807, 2.05) is 31.2 Å². The molecule has 0 radical (unpaired) electrons. The Morgan fingerprint density at radius 2 is 2.12 bits per heavy atom. The largest absolute Gasteiger partial charge is 0.497 e. The molecule has 0 aliphatic rings. The zero-order valence-corrected chi connectivity index (χ0v) is 14.3. The Morgan fingerprint density at radius 3 is 2.84 bits per heavy atom. The molecule has 1 amide bonds. The third-order valence-corrected chi connectivity index (χ3v) is 3.91. The van der Waals surface area contributed by atoms with E-state index in [1.54, 1.807) is 30.1 Å². The van der Waals surface area contributed by atoms with Crippen LogP contribution in [0, 0.1) is 0 Å². The lowest BCUT2D eigenvalue weighted by Gasteiger charge is -2.13. The van der Waals surface area contributed by atoms with E-state index in [1.165, 1.54) is 5.56 Å². The molecule has 2 aromatic heterocycles. The molecule has 0 spiro atoms. The van der Waals surface area contributed by atoms with Gasteiger partial charge in [-0.3, -0.25) is 4.79 Å². The van der Waals surface area contributed by atoms with Crippen molar-refractivity contribution in [1.29, 1.82) is 0 Å². The lowest BCUT2D eigenvalue weighted by atomic mass is 10.1. The van der Waals surface area contributed by atoms with Gasteiger partial charge in [-0.05, 0) is 43.5 Å². The minimum atomic E-state index is -0.0851. The zero-order valence-electron chi connectivity index (χ0n) is 14.3. The monoisotopic (exact) mass is 339 g/mol. The Morgan fingerprint density at radius 1 is 1.32 bits per heavy atom. The second kappa shape index (κ2) is 7.74. The first-order chi connectivity index (χ1) is 12.1. The minimum absolute atomic E-state index is 0.0739. The highest BCUT2D eigenvalue weighted by Crippen LogP contribution is 2.13. The molecule has 7 heteroatoms. The van der Waals surface area contributed by atoms with Gasteiger partial charge in [0, 0.05) is 18.4 Å². The highest BCUT2D eigenvalue weighted by atomic mass is 16.5. The van der Waals surface area contributed by atoms with Crippen molar-refractivity contribution in [2.45, 2.75) is 32.2 Å². The standard InChI is InChI=1S/C18H21N5O2/c1-13(4-5-14-6-8-15(25-2)9-7-14)20-17(24)12-16-21-18-19-10-3-11-23(18)22-16/h3,6-11,13H,4-5,12H2,1-2H3,(H,20,24)/t13-/m1/s1. The van der Waals surface area contributed by atoms with Crippen molar-refractivity contribution >= 4 is 11.7 Å². The summed E-state index contributed by atoms with van der Waals surface area (Å²) in [5.41, 5.74) is 1.22. The van der Waals surface area contributed by atoms with Crippen molar-refractivity contribution in [2.75, 3.05) is 7.11 Å². The van der Waals surface area contributed by atoms with Crippen LogP contribution in [0.3, 0.4) is 0 Å². The summed E-state index contributed by atoms with van der Waals surface area (Å²) in [4.78, 5) is 20.5.